The molecule has 0 saturated heterocycles. The highest BCUT2D eigenvalue weighted by Gasteiger charge is 2.17. The van der Waals surface area contributed by atoms with Gasteiger partial charge in [-0.15, -0.1) is 0 Å². The van der Waals surface area contributed by atoms with Gasteiger partial charge < -0.3 is 10.3 Å². The van der Waals surface area contributed by atoms with E-state index in [1.807, 2.05) is 22.6 Å². The molecular formula is C13H20IN3O. The van der Waals surface area contributed by atoms with Crippen LogP contribution in [0.1, 0.15) is 39.0 Å². The van der Waals surface area contributed by atoms with E-state index in [1.165, 1.54) is 38.4 Å². The summed E-state index contributed by atoms with van der Waals surface area (Å²) in [5.74, 6) is 2.46. The fourth-order valence-electron chi connectivity index (χ4n) is 2.52. The van der Waals surface area contributed by atoms with Gasteiger partial charge in [-0.2, -0.15) is 0 Å². The molecule has 0 unspecified atom stereocenters. The Labute approximate surface area is 121 Å². The molecule has 100 valence electrons. The summed E-state index contributed by atoms with van der Waals surface area (Å²) in [6.07, 6.45) is 8.06. The lowest BCUT2D eigenvalue weighted by molar-refractivity contribution is 0.282. The van der Waals surface area contributed by atoms with E-state index in [-0.39, 0.29) is 5.56 Å². The largest absolute Gasteiger partial charge is 0.369 e. The first-order valence-corrected chi connectivity index (χ1v) is 7.71. The summed E-state index contributed by atoms with van der Waals surface area (Å²) in [7, 11) is 0. The number of anilines is 1. The van der Waals surface area contributed by atoms with Crippen LogP contribution in [-0.4, -0.2) is 16.5 Å². The maximum absolute atomic E-state index is 11.4. The van der Waals surface area contributed by atoms with E-state index in [0.717, 1.165) is 18.4 Å². The van der Waals surface area contributed by atoms with Crippen LogP contribution < -0.4 is 10.9 Å². The number of hydrogen-bond acceptors (Lipinski definition) is 3. The third kappa shape index (κ3) is 3.70. The van der Waals surface area contributed by atoms with Crippen molar-refractivity contribution < 1.29 is 0 Å². The molecule has 0 atom stereocenters. The summed E-state index contributed by atoms with van der Waals surface area (Å²) in [4.78, 5) is 18.1. The van der Waals surface area contributed by atoms with Gasteiger partial charge in [-0.25, -0.2) is 4.98 Å². The number of aromatic nitrogens is 2. The lowest BCUT2D eigenvalue weighted by Gasteiger charge is -2.26. The quantitative estimate of drug-likeness (QED) is 0.811. The molecule has 1 aromatic heterocycles. The molecule has 2 N–H and O–H groups in total. The molecule has 0 radical (unpaired) electrons. The molecule has 1 aliphatic carbocycles. The molecule has 1 saturated carbocycles. The summed E-state index contributed by atoms with van der Waals surface area (Å²) < 4.78 is 0.646. The van der Waals surface area contributed by atoms with Crippen LogP contribution in [-0.2, 0) is 0 Å². The number of aromatic amines is 1. The molecule has 0 bridgehead atoms. The van der Waals surface area contributed by atoms with Crippen molar-refractivity contribution in [3.63, 3.8) is 0 Å². The predicted octanol–water partition coefficient (Wildman–Crippen LogP) is 3.00. The molecule has 0 aromatic carbocycles. The lowest BCUT2D eigenvalue weighted by Crippen LogP contribution is -2.18. The van der Waals surface area contributed by atoms with Gasteiger partial charge in [-0.1, -0.05) is 32.6 Å². The minimum absolute atomic E-state index is 0.0698. The van der Waals surface area contributed by atoms with Crippen molar-refractivity contribution in [2.24, 2.45) is 11.8 Å². The second-order valence-corrected chi connectivity index (χ2v) is 6.31. The molecule has 1 heterocycles. The maximum atomic E-state index is 11.4. The van der Waals surface area contributed by atoms with Crippen LogP contribution >= 0.6 is 22.6 Å². The Morgan fingerprint density at radius 3 is 2.89 bits per heavy atom. The molecule has 4 nitrogen and oxygen atoms in total. The third-order valence-electron chi connectivity index (χ3n) is 3.78. The van der Waals surface area contributed by atoms with Gasteiger partial charge in [0.25, 0.3) is 5.56 Å². The van der Waals surface area contributed by atoms with Crippen molar-refractivity contribution >= 4 is 28.4 Å². The molecular weight excluding hydrogens is 341 g/mol. The number of rotatable bonds is 4. The Morgan fingerprint density at radius 2 is 2.17 bits per heavy atom. The van der Waals surface area contributed by atoms with Crippen LogP contribution in [0.25, 0.3) is 0 Å². The van der Waals surface area contributed by atoms with Gasteiger partial charge in [0.05, 0.1) is 6.33 Å². The van der Waals surface area contributed by atoms with Crippen LogP contribution in [0, 0.1) is 15.4 Å². The Bertz CT molecular complexity index is 438. The zero-order valence-electron chi connectivity index (χ0n) is 10.7. The van der Waals surface area contributed by atoms with Crippen molar-refractivity contribution in [2.45, 2.75) is 39.0 Å². The number of hydrogen-bond donors (Lipinski definition) is 2. The van der Waals surface area contributed by atoms with Crippen molar-refractivity contribution in [1.82, 2.24) is 9.97 Å². The highest BCUT2D eigenvalue weighted by Crippen LogP contribution is 2.30. The van der Waals surface area contributed by atoms with E-state index in [9.17, 15) is 4.79 Å². The molecule has 1 fully saturated rings. The highest BCUT2D eigenvalue weighted by molar-refractivity contribution is 14.1. The summed E-state index contributed by atoms with van der Waals surface area (Å²) in [5.41, 5.74) is -0.0698. The minimum Gasteiger partial charge on any atom is -0.369 e. The van der Waals surface area contributed by atoms with E-state index in [2.05, 4.69) is 22.2 Å². The summed E-state index contributed by atoms with van der Waals surface area (Å²) >= 11 is 2.03. The van der Waals surface area contributed by atoms with E-state index in [4.69, 9.17) is 0 Å². The van der Waals surface area contributed by atoms with Crippen LogP contribution in [0.5, 0.6) is 0 Å². The fourth-order valence-corrected chi connectivity index (χ4v) is 3.00. The van der Waals surface area contributed by atoms with Gasteiger partial charge >= 0.3 is 0 Å². The predicted molar refractivity (Wildman–Crippen MR) is 81.8 cm³/mol. The smallest absolute Gasteiger partial charge is 0.266 e. The standard InChI is InChI=1S/C13H20IN3O/c1-9-2-4-10(5-3-9)6-7-15-12-11(14)13(18)17-8-16-12/h8-10H,2-7H2,1H3,(H2,15,16,17,18). The number of nitrogens with zero attached hydrogens (tertiary/aromatic N) is 1. The summed E-state index contributed by atoms with van der Waals surface area (Å²) in [6, 6.07) is 0. The van der Waals surface area contributed by atoms with E-state index in [1.54, 1.807) is 0 Å². The van der Waals surface area contributed by atoms with Crippen molar-refractivity contribution in [2.75, 3.05) is 11.9 Å². The Hall–Kier alpha value is -0.590. The minimum atomic E-state index is -0.0698. The molecule has 0 aliphatic heterocycles. The SMILES string of the molecule is CC1CCC(CCNc2nc[nH]c(=O)c2I)CC1. The first kappa shape index (κ1) is 13.8. The Balaban J connectivity index is 1.78. The van der Waals surface area contributed by atoms with Gasteiger partial charge in [0, 0.05) is 6.54 Å². The van der Waals surface area contributed by atoms with Gasteiger partial charge in [0.1, 0.15) is 9.39 Å². The maximum Gasteiger partial charge on any atom is 0.266 e. The van der Waals surface area contributed by atoms with Gasteiger partial charge in [-0.05, 0) is 40.8 Å². The molecule has 0 amide bonds. The van der Waals surface area contributed by atoms with E-state index < -0.39 is 0 Å². The Morgan fingerprint density at radius 1 is 1.44 bits per heavy atom. The number of nitrogens with one attached hydrogen (secondary N) is 2. The average molecular weight is 361 g/mol. The molecule has 2 rings (SSSR count). The second-order valence-electron chi connectivity index (χ2n) is 5.24. The molecule has 18 heavy (non-hydrogen) atoms. The first-order chi connectivity index (χ1) is 8.66. The number of H-pyrrole nitrogens is 1. The van der Waals surface area contributed by atoms with Crippen molar-refractivity contribution in [1.29, 1.82) is 0 Å². The molecule has 5 heteroatoms. The monoisotopic (exact) mass is 361 g/mol. The summed E-state index contributed by atoms with van der Waals surface area (Å²) in [6.45, 7) is 3.25. The zero-order valence-corrected chi connectivity index (χ0v) is 12.9. The van der Waals surface area contributed by atoms with Crippen LogP contribution in [0.3, 0.4) is 0 Å². The van der Waals surface area contributed by atoms with Gasteiger partial charge in [0.2, 0.25) is 0 Å². The fraction of sp³-hybridized carbons (Fsp3) is 0.692. The molecule has 1 aliphatic rings. The zero-order chi connectivity index (χ0) is 13.0. The normalized spacial score (nSPS) is 23.9. The van der Waals surface area contributed by atoms with Gasteiger partial charge in [0.15, 0.2) is 0 Å². The highest BCUT2D eigenvalue weighted by atomic mass is 127. The van der Waals surface area contributed by atoms with Crippen LogP contribution in [0.15, 0.2) is 11.1 Å². The van der Waals surface area contributed by atoms with E-state index >= 15 is 0 Å². The lowest BCUT2D eigenvalue weighted by atomic mass is 9.81. The first-order valence-electron chi connectivity index (χ1n) is 6.64. The van der Waals surface area contributed by atoms with Crippen LogP contribution in [0.2, 0.25) is 0 Å². The van der Waals surface area contributed by atoms with Crippen LogP contribution in [0.4, 0.5) is 5.82 Å². The molecule has 1 aromatic rings. The summed E-state index contributed by atoms with van der Waals surface area (Å²) in [5, 5.41) is 3.27. The van der Waals surface area contributed by atoms with Gasteiger partial charge in [-0.3, -0.25) is 4.79 Å². The third-order valence-corrected chi connectivity index (χ3v) is 4.78. The number of halogens is 1. The van der Waals surface area contributed by atoms with Crippen molar-refractivity contribution in [3.8, 4) is 0 Å². The average Bonchev–Trinajstić information content (AvgIpc) is 2.37. The van der Waals surface area contributed by atoms with E-state index in [0.29, 0.717) is 9.39 Å². The second kappa shape index (κ2) is 6.54. The van der Waals surface area contributed by atoms with Crippen molar-refractivity contribution in [3.05, 3.63) is 20.3 Å². The Kier molecular flexibility index (Phi) is 5.03. The molecule has 0 spiro atoms. The topological polar surface area (TPSA) is 57.8 Å².